The Kier molecular flexibility index (Phi) is 7.43. The molecule has 0 heterocycles. The van der Waals surface area contributed by atoms with Gasteiger partial charge in [-0.3, -0.25) is 4.79 Å². The van der Waals surface area contributed by atoms with E-state index in [1.165, 1.54) is 0 Å². The molecule has 2 N–H and O–H groups in total. The van der Waals surface area contributed by atoms with E-state index in [4.69, 9.17) is 10.4 Å². The third-order valence-corrected chi connectivity index (χ3v) is 4.39. The van der Waals surface area contributed by atoms with Crippen LogP contribution in [0.4, 0.5) is 0 Å². The number of thioether (sulfide) groups is 1. The Morgan fingerprint density at radius 2 is 2.00 bits per heavy atom. The predicted octanol–water partition coefficient (Wildman–Crippen LogP) is 2.70. The first-order valence-electron chi connectivity index (χ1n) is 7.34. The molecule has 4 nitrogen and oxygen atoms in total. The van der Waals surface area contributed by atoms with E-state index in [2.05, 4.69) is 32.2 Å². The van der Waals surface area contributed by atoms with Crippen molar-refractivity contribution in [2.75, 3.05) is 12.4 Å². The molecular formula is C17H24N2O2S. The molecular weight excluding hydrogens is 296 g/mol. The van der Waals surface area contributed by atoms with Crippen LogP contribution in [0, 0.1) is 16.7 Å². The fraction of sp³-hybridized carbons (Fsp3) is 0.529. The molecule has 1 amide bonds. The first-order chi connectivity index (χ1) is 10.4. The molecule has 0 spiro atoms. The molecule has 1 unspecified atom stereocenters. The number of hydrogen-bond acceptors (Lipinski definition) is 4. The molecule has 0 aliphatic rings. The summed E-state index contributed by atoms with van der Waals surface area (Å²) in [5.74, 6) is 1.11. The molecule has 0 saturated carbocycles. The van der Waals surface area contributed by atoms with Gasteiger partial charge in [-0.05, 0) is 29.5 Å². The quantitative estimate of drug-likeness (QED) is 0.810. The third kappa shape index (κ3) is 6.50. The number of nitriles is 1. The maximum absolute atomic E-state index is 12.0. The van der Waals surface area contributed by atoms with Crippen molar-refractivity contribution in [3.63, 3.8) is 0 Å². The minimum atomic E-state index is -0.0732. The molecule has 1 aromatic carbocycles. The molecule has 1 rings (SSSR count). The lowest BCUT2D eigenvalue weighted by atomic mass is 9.85. The fourth-order valence-corrected chi connectivity index (χ4v) is 2.82. The van der Waals surface area contributed by atoms with Gasteiger partial charge >= 0.3 is 0 Å². The lowest BCUT2D eigenvalue weighted by Crippen LogP contribution is -2.45. The molecule has 0 aromatic heterocycles. The predicted molar refractivity (Wildman–Crippen MR) is 90.4 cm³/mol. The lowest BCUT2D eigenvalue weighted by Gasteiger charge is -2.31. The molecule has 0 radical (unpaired) electrons. The van der Waals surface area contributed by atoms with Gasteiger partial charge in [-0.25, -0.2) is 0 Å². The Balaban J connectivity index is 2.40. The summed E-state index contributed by atoms with van der Waals surface area (Å²) in [5, 5.41) is 20.8. The average Bonchev–Trinajstić information content (AvgIpc) is 2.46. The number of carbonyl (C=O) groups is 1. The van der Waals surface area contributed by atoms with Gasteiger partial charge in [0.2, 0.25) is 5.91 Å². The van der Waals surface area contributed by atoms with Crippen LogP contribution in [0.25, 0.3) is 0 Å². The number of amides is 1. The molecule has 0 aliphatic carbocycles. The summed E-state index contributed by atoms with van der Waals surface area (Å²) in [7, 11) is 0. The SMILES string of the molecule is CC(C)(C)C(CCO)NC(=O)CSCc1ccc(C#N)cc1. The second-order valence-electron chi connectivity index (χ2n) is 6.30. The summed E-state index contributed by atoms with van der Waals surface area (Å²) in [6.07, 6.45) is 0.565. The molecule has 1 aromatic rings. The van der Waals surface area contributed by atoms with Crippen LogP contribution in [0.5, 0.6) is 0 Å². The molecule has 120 valence electrons. The Morgan fingerprint density at radius 1 is 1.36 bits per heavy atom. The number of hydrogen-bond donors (Lipinski definition) is 2. The second-order valence-corrected chi connectivity index (χ2v) is 7.29. The van der Waals surface area contributed by atoms with Crippen molar-refractivity contribution < 1.29 is 9.90 Å². The van der Waals surface area contributed by atoms with Crippen molar-refractivity contribution >= 4 is 17.7 Å². The van der Waals surface area contributed by atoms with E-state index in [1.807, 2.05) is 12.1 Å². The van der Waals surface area contributed by atoms with Crippen LogP contribution >= 0.6 is 11.8 Å². The van der Waals surface area contributed by atoms with Crippen molar-refractivity contribution in [3.05, 3.63) is 35.4 Å². The Morgan fingerprint density at radius 3 is 2.50 bits per heavy atom. The number of carbonyl (C=O) groups excluding carboxylic acids is 1. The van der Waals surface area contributed by atoms with Crippen LogP contribution in [-0.2, 0) is 10.5 Å². The van der Waals surface area contributed by atoms with E-state index in [-0.39, 0.29) is 24.0 Å². The number of nitrogens with one attached hydrogen (secondary N) is 1. The van der Waals surface area contributed by atoms with E-state index in [1.54, 1.807) is 23.9 Å². The molecule has 0 aliphatic heterocycles. The summed E-state index contributed by atoms with van der Waals surface area (Å²) in [6, 6.07) is 9.45. The zero-order valence-corrected chi connectivity index (χ0v) is 14.2. The van der Waals surface area contributed by atoms with Crippen molar-refractivity contribution in [1.82, 2.24) is 5.32 Å². The van der Waals surface area contributed by atoms with Crippen molar-refractivity contribution in [1.29, 1.82) is 5.26 Å². The van der Waals surface area contributed by atoms with Gasteiger partial charge in [0.1, 0.15) is 0 Å². The summed E-state index contributed by atoms with van der Waals surface area (Å²) >= 11 is 1.54. The minimum Gasteiger partial charge on any atom is -0.396 e. The van der Waals surface area contributed by atoms with Crippen molar-refractivity contribution in [3.8, 4) is 6.07 Å². The van der Waals surface area contributed by atoms with Gasteiger partial charge in [-0.1, -0.05) is 32.9 Å². The normalized spacial score (nSPS) is 12.5. The number of aliphatic hydroxyl groups excluding tert-OH is 1. The van der Waals surface area contributed by atoms with E-state index in [0.29, 0.717) is 17.7 Å². The summed E-state index contributed by atoms with van der Waals surface area (Å²) in [6.45, 7) is 6.23. The number of nitrogens with zero attached hydrogens (tertiary/aromatic N) is 1. The molecule has 22 heavy (non-hydrogen) atoms. The fourth-order valence-electron chi connectivity index (χ4n) is 2.02. The van der Waals surface area contributed by atoms with Crippen LogP contribution in [0.15, 0.2) is 24.3 Å². The van der Waals surface area contributed by atoms with Crippen molar-refractivity contribution in [2.24, 2.45) is 5.41 Å². The highest BCUT2D eigenvalue weighted by Crippen LogP contribution is 2.22. The van der Waals surface area contributed by atoms with Gasteiger partial charge < -0.3 is 10.4 Å². The van der Waals surface area contributed by atoms with E-state index in [0.717, 1.165) is 11.3 Å². The third-order valence-electron chi connectivity index (χ3n) is 3.38. The largest absolute Gasteiger partial charge is 0.396 e. The smallest absolute Gasteiger partial charge is 0.230 e. The van der Waals surface area contributed by atoms with Gasteiger partial charge in [0.05, 0.1) is 17.4 Å². The van der Waals surface area contributed by atoms with Crippen molar-refractivity contribution in [2.45, 2.75) is 39.0 Å². The van der Waals surface area contributed by atoms with E-state index >= 15 is 0 Å². The maximum atomic E-state index is 12.0. The Hall–Kier alpha value is -1.51. The summed E-state index contributed by atoms with van der Waals surface area (Å²) in [5.41, 5.74) is 1.67. The molecule has 0 fully saturated rings. The topological polar surface area (TPSA) is 73.1 Å². The Bertz CT molecular complexity index is 515. The van der Waals surface area contributed by atoms with E-state index in [9.17, 15) is 4.79 Å². The molecule has 0 bridgehead atoms. The second kappa shape index (κ2) is 8.82. The van der Waals surface area contributed by atoms with Crippen LogP contribution in [0.2, 0.25) is 0 Å². The van der Waals surface area contributed by atoms with Gasteiger partial charge in [0.15, 0.2) is 0 Å². The van der Waals surface area contributed by atoms with Gasteiger partial charge in [0, 0.05) is 18.4 Å². The summed E-state index contributed by atoms with van der Waals surface area (Å²) in [4.78, 5) is 12.0. The average molecular weight is 320 g/mol. The first kappa shape index (κ1) is 18.5. The van der Waals surface area contributed by atoms with Crippen LogP contribution < -0.4 is 5.32 Å². The lowest BCUT2D eigenvalue weighted by molar-refractivity contribution is -0.120. The van der Waals surface area contributed by atoms with Crippen LogP contribution in [0.3, 0.4) is 0 Å². The Labute approximate surface area is 136 Å². The first-order valence-corrected chi connectivity index (χ1v) is 8.49. The summed E-state index contributed by atoms with van der Waals surface area (Å²) < 4.78 is 0. The zero-order chi connectivity index (χ0) is 16.6. The van der Waals surface area contributed by atoms with Gasteiger partial charge in [0.25, 0.3) is 0 Å². The number of aliphatic hydroxyl groups is 1. The standard InChI is InChI=1S/C17H24N2O2S/c1-17(2,3)15(8-9-20)19-16(21)12-22-11-14-6-4-13(10-18)5-7-14/h4-7,15,20H,8-9,11-12H2,1-3H3,(H,19,21). The zero-order valence-electron chi connectivity index (χ0n) is 13.4. The molecule has 0 saturated heterocycles. The monoisotopic (exact) mass is 320 g/mol. The highest BCUT2D eigenvalue weighted by atomic mass is 32.2. The van der Waals surface area contributed by atoms with Gasteiger partial charge in [-0.15, -0.1) is 11.8 Å². The number of benzene rings is 1. The number of rotatable bonds is 7. The highest BCUT2D eigenvalue weighted by Gasteiger charge is 2.25. The maximum Gasteiger partial charge on any atom is 0.230 e. The van der Waals surface area contributed by atoms with Gasteiger partial charge in [-0.2, -0.15) is 5.26 Å². The highest BCUT2D eigenvalue weighted by molar-refractivity contribution is 7.99. The molecule has 5 heteroatoms. The van der Waals surface area contributed by atoms with Crippen LogP contribution in [0.1, 0.15) is 38.3 Å². The van der Waals surface area contributed by atoms with Crippen LogP contribution in [-0.4, -0.2) is 29.4 Å². The van der Waals surface area contributed by atoms with E-state index < -0.39 is 0 Å². The minimum absolute atomic E-state index is 0.00739. The molecule has 1 atom stereocenters.